The van der Waals surface area contributed by atoms with E-state index in [1.165, 1.54) is 4.90 Å². The first-order chi connectivity index (χ1) is 16.8. The van der Waals surface area contributed by atoms with Crippen LogP contribution in [0.5, 0.6) is 0 Å². The van der Waals surface area contributed by atoms with Gasteiger partial charge in [0.1, 0.15) is 18.8 Å². The molecule has 2 heterocycles. The van der Waals surface area contributed by atoms with Gasteiger partial charge in [0.15, 0.2) is 5.78 Å². The average Bonchev–Trinajstić information content (AvgIpc) is 3.18. The summed E-state index contributed by atoms with van der Waals surface area (Å²) < 4.78 is 12.9. The van der Waals surface area contributed by atoms with E-state index in [0.29, 0.717) is 5.56 Å². The van der Waals surface area contributed by atoms with Crippen molar-refractivity contribution in [2.75, 3.05) is 6.67 Å². The second-order valence-electron chi connectivity index (χ2n) is 8.39. The number of amides is 2. The predicted octanol–water partition coefficient (Wildman–Crippen LogP) is 3.13. The average molecular weight is 477 g/mol. The highest BCUT2D eigenvalue weighted by Gasteiger charge is 2.37. The predicted molar refractivity (Wildman–Crippen MR) is 126 cm³/mol. The van der Waals surface area contributed by atoms with Gasteiger partial charge < -0.3 is 15.3 Å². The molecule has 180 valence electrons. The molecule has 2 atom stereocenters. The number of benzene rings is 2. The van der Waals surface area contributed by atoms with Crippen molar-refractivity contribution in [3.8, 4) is 11.1 Å². The van der Waals surface area contributed by atoms with E-state index in [1.54, 1.807) is 25.4 Å². The number of alkyl halides is 1. The van der Waals surface area contributed by atoms with Gasteiger partial charge in [-0.1, -0.05) is 37.3 Å². The summed E-state index contributed by atoms with van der Waals surface area (Å²) in [6.07, 6.45) is 2.98. The molecular weight excluding hydrogens is 453 g/mol. The fourth-order valence-corrected chi connectivity index (χ4v) is 4.45. The third kappa shape index (κ3) is 4.75. The van der Waals surface area contributed by atoms with E-state index < -0.39 is 42.8 Å². The minimum atomic E-state index is -1.49. The molecule has 0 bridgehead atoms. The number of halogens is 1. The number of carbonyl (C=O) groups excluding carboxylic acids is 3. The molecule has 2 aromatic carbocycles. The monoisotopic (exact) mass is 477 g/mol. The Kier molecular flexibility index (Phi) is 6.86. The minimum Gasteiger partial charge on any atom is -0.481 e. The first-order valence-corrected chi connectivity index (χ1v) is 11.2. The summed E-state index contributed by atoms with van der Waals surface area (Å²) in [5.41, 5.74) is 3.03. The molecule has 8 nitrogen and oxygen atoms in total. The number of hydrogen-bond donors (Lipinski definition) is 2. The number of carboxylic acids is 1. The van der Waals surface area contributed by atoms with E-state index in [9.17, 15) is 23.6 Å². The van der Waals surface area contributed by atoms with Crippen LogP contribution in [0.25, 0.3) is 21.9 Å². The minimum absolute atomic E-state index is 0.195. The van der Waals surface area contributed by atoms with Gasteiger partial charge in [0.25, 0.3) is 5.91 Å². The Morgan fingerprint density at radius 1 is 1.17 bits per heavy atom. The van der Waals surface area contributed by atoms with Crippen LogP contribution in [0.2, 0.25) is 0 Å². The number of carboxylic acid groups (broad SMARTS) is 1. The highest BCUT2D eigenvalue weighted by Crippen LogP contribution is 2.33. The molecule has 2 unspecified atom stereocenters. The van der Waals surface area contributed by atoms with E-state index in [2.05, 4.69) is 10.3 Å². The lowest BCUT2D eigenvalue weighted by Crippen LogP contribution is -2.52. The fourth-order valence-electron chi connectivity index (χ4n) is 4.45. The molecule has 0 radical (unpaired) electrons. The summed E-state index contributed by atoms with van der Waals surface area (Å²) >= 11 is 0. The number of ketones is 1. The Balaban J connectivity index is 1.59. The highest BCUT2D eigenvalue weighted by atomic mass is 19.1. The van der Waals surface area contributed by atoms with Crippen molar-refractivity contribution >= 4 is 34.3 Å². The second-order valence-corrected chi connectivity index (χ2v) is 8.39. The van der Waals surface area contributed by atoms with Gasteiger partial charge in [-0.25, -0.2) is 4.39 Å². The molecular formula is C26H24FN3O5. The smallest absolute Gasteiger partial charge is 0.305 e. The highest BCUT2D eigenvalue weighted by molar-refractivity contribution is 6.04. The molecule has 0 aliphatic carbocycles. The quantitative estimate of drug-likeness (QED) is 0.489. The summed E-state index contributed by atoms with van der Waals surface area (Å²) in [7, 11) is 0. The summed E-state index contributed by atoms with van der Waals surface area (Å²) in [4.78, 5) is 54.6. The lowest BCUT2D eigenvalue weighted by atomic mass is 9.96. The largest absolute Gasteiger partial charge is 0.481 e. The molecule has 0 saturated carbocycles. The first kappa shape index (κ1) is 24.0. The molecule has 2 N–H and O–H groups in total. The van der Waals surface area contributed by atoms with Crippen molar-refractivity contribution in [1.29, 1.82) is 0 Å². The first-order valence-electron chi connectivity index (χ1n) is 11.2. The molecule has 2 amide bonds. The molecule has 1 aliphatic heterocycles. The molecule has 4 rings (SSSR count). The zero-order valence-corrected chi connectivity index (χ0v) is 19.0. The van der Waals surface area contributed by atoms with Gasteiger partial charge in [-0.3, -0.25) is 24.2 Å². The van der Waals surface area contributed by atoms with Crippen LogP contribution >= 0.6 is 0 Å². The molecule has 0 fully saturated rings. The number of nitrogens with zero attached hydrogens (tertiary/aromatic N) is 2. The molecule has 1 aliphatic rings. The Morgan fingerprint density at radius 3 is 2.69 bits per heavy atom. The van der Waals surface area contributed by atoms with Crippen LogP contribution in [-0.4, -0.2) is 57.3 Å². The van der Waals surface area contributed by atoms with Crippen LogP contribution in [0.15, 0.2) is 54.9 Å². The van der Waals surface area contributed by atoms with E-state index in [-0.39, 0.29) is 18.9 Å². The molecule has 9 heteroatoms. The summed E-state index contributed by atoms with van der Waals surface area (Å²) in [6.45, 7) is 0.510. The Labute approximate surface area is 200 Å². The maximum atomic E-state index is 13.3. The number of aromatic nitrogens is 1. The number of nitrogens with one attached hydrogen (secondary N) is 1. The normalized spacial score (nSPS) is 14.5. The maximum Gasteiger partial charge on any atom is 0.305 e. The van der Waals surface area contributed by atoms with Gasteiger partial charge in [0.05, 0.1) is 6.42 Å². The van der Waals surface area contributed by atoms with Gasteiger partial charge in [-0.15, -0.1) is 0 Å². The molecule has 3 aromatic rings. The Morgan fingerprint density at radius 2 is 1.97 bits per heavy atom. The SMILES string of the molecule is CCC(C(=O)NC(CC(=O)O)C(=O)CF)N1Cc2ccc(-c3cccc4cnccc34)cc2C1=O. The number of fused-ring (bicyclic) bond motifs is 2. The molecule has 0 saturated heterocycles. The molecule has 0 spiro atoms. The number of hydrogen-bond acceptors (Lipinski definition) is 5. The van der Waals surface area contributed by atoms with Crippen LogP contribution in [0.3, 0.4) is 0 Å². The van der Waals surface area contributed by atoms with Crippen LogP contribution < -0.4 is 5.32 Å². The molecule has 35 heavy (non-hydrogen) atoms. The zero-order chi connectivity index (χ0) is 25.1. The van der Waals surface area contributed by atoms with Gasteiger partial charge in [-0.05, 0) is 40.6 Å². The van der Waals surface area contributed by atoms with E-state index >= 15 is 0 Å². The van der Waals surface area contributed by atoms with E-state index in [4.69, 9.17) is 5.11 Å². The maximum absolute atomic E-state index is 13.3. The number of rotatable bonds is 9. The Hall–Kier alpha value is -4.14. The lowest BCUT2D eigenvalue weighted by Gasteiger charge is -2.27. The zero-order valence-electron chi connectivity index (χ0n) is 19.0. The van der Waals surface area contributed by atoms with Crippen molar-refractivity contribution in [3.63, 3.8) is 0 Å². The third-order valence-corrected chi connectivity index (χ3v) is 6.21. The van der Waals surface area contributed by atoms with Crippen molar-refractivity contribution in [2.45, 2.75) is 38.4 Å². The van der Waals surface area contributed by atoms with Crippen molar-refractivity contribution < 1.29 is 28.7 Å². The van der Waals surface area contributed by atoms with Gasteiger partial charge >= 0.3 is 5.97 Å². The van der Waals surface area contributed by atoms with Crippen LogP contribution in [0.1, 0.15) is 35.7 Å². The summed E-state index contributed by atoms with van der Waals surface area (Å²) in [6, 6.07) is 10.9. The van der Waals surface area contributed by atoms with E-state index in [0.717, 1.165) is 27.5 Å². The van der Waals surface area contributed by atoms with Crippen LogP contribution in [0, 0.1) is 0 Å². The van der Waals surface area contributed by atoms with Crippen LogP contribution in [-0.2, 0) is 20.9 Å². The van der Waals surface area contributed by atoms with Crippen LogP contribution in [0.4, 0.5) is 4.39 Å². The number of Topliss-reactive ketones (excluding diaryl/α,β-unsaturated/α-hetero) is 1. The number of aliphatic carboxylic acids is 1. The Bertz CT molecular complexity index is 1320. The van der Waals surface area contributed by atoms with Crippen molar-refractivity contribution in [1.82, 2.24) is 15.2 Å². The van der Waals surface area contributed by atoms with E-state index in [1.807, 2.05) is 36.4 Å². The standard InChI is InChI=1S/C26H24FN3O5/c1-2-22(25(34)29-21(11-24(32)33)23(31)12-27)30-14-17-7-6-15(10-20(17)26(30)35)18-5-3-4-16-13-28-9-8-19(16)18/h3-10,13,21-22H,2,11-12,14H2,1H3,(H,29,34)(H,32,33). The second kappa shape index (κ2) is 10.0. The van der Waals surface area contributed by atoms with Crippen molar-refractivity contribution in [3.05, 3.63) is 66.0 Å². The lowest BCUT2D eigenvalue weighted by molar-refractivity contribution is -0.140. The molecule has 1 aromatic heterocycles. The number of carbonyl (C=O) groups is 4. The topological polar surface area (TPSA) is 117 Å². The van der Waals surface area contributed by atoms with Gasteiger partial charge in [0, 0.05) is 29.9 Å². The summed E-state index contributed by atoms with van der Waals surface area (Å²) in [5, 5.41) is 13.3. The summed E-state index contributed by atoms with van der Waals surface area (Å²) in [5.74, 6) is -3.39. The fraction of sp³-hybridized carbons (Fsp3) is 0.269. The van der Waals surface area contributed by atoms with Gasteiger partial charge in [-0.2, -0.15) is 0 Å². The third-order valence-electron chi connectivity index (χ3n) is 6.21. The number of pyridine rings is 1. The van der Waals surface area contributed by atoms with Crippen molar-refractivity contribution in [2.24, 2.45) is 0 Å². The van der Waals surface area contributed by atoms with Gasteiger partial charge in [0.2, 0.25) is 5.91 Å².